The maximum Gasteiger partial charge on any atom is 0.330 e. The van der Waals surface area contributed by atoms with Crippen LogP contribution in [0.15, 0.2) is 15.8 Å². The zero-order valence-corrected chi connectivity index (χ0v) is 9.37. The number of H-pyrrole nitrogens is 1. The lowest BCUT2D eigenvalue weighted by Crippen LogP contribution is -2.33. The molecule has 1 saturated heterocycles. The van der Waals surface area contributed by atoms with Crippen molar-refractivity contribution in [3.05, 3.63) is 32.6 Å². The van der Waals surface area contributed by atoms with Crippen molar-refractivity contribution in [3.8, 4) is 12.3 Å². The van der Waals surface area contributed by atoms with Crippen molar-refractivity contribution in [2.24, 2.45) is 0 Å². The highest BCUT2D eigenvalue weighted by molar-refractivity contribution is 5.26. The van der Waals surface area contributed by atoms with Crippen LogP contribution in [0, 0.1) is 12.3 Å². The third-order valence-electron chi connectivity index (χ3n) is 2.82. The first-order valence-corrected chi connectivity index (χ1v) is 5.33. The van der Waals surface area contributed by atoms with Gasteiger partial charge in [0.15, 0.2) is 0 Å². The average Bonchev–Trinajstić information content (AvgIpc) is 2.70. The Bertz CT molecular complexity index is 597. The van der Waals surface area contributed by atoms with Gasteiger partial charge in [0.05, 0.1) is 12.7 Å². The fraction of sp³-hybridized carbons (Fsp3) is 0.455. The first kappa shape index (κ1) is 12.6. The minimum absolute atomic E-state index is 0.000128. The SMILES string of the molecule is [13CH]#Cc1cn([C@H]2C[C@@H](O)[C@@H](CO)O2)c(=O)[nH]c1=O. The lowest BCUT2D eigenvalue weighted by atomic mass is 10.2. The predicted molar refractivity (Wildman–Crippen MR) is 60.9 cm³/mol. The monoisotopic (exact) mass is 253 g/mol. The highest BCUT2D eigenvalue weighted by atomic mass is 16.5. The minimum Gasteiger partial charge on any atom is -0.394 e. The second-order valence-electron chi connectivity index (χ2n) is 3.97. The summed E-state index contributed by atoms with van der Waals surface area (Å²) in [5.41, 5.74) is -1.31. The summed E-state index contributed by atoms with van der Waals surface area (Å²) in [6.45, 7) is -0.349. The van der Waals surface area contributed by atoms with Crippen molar-refractivity contribution in [2.45, 2.75) is 24.9 Å². The predicted octanol–water partition coefficient (Wildman–Crippen LogP) is -1.84. The van der Waals surface area contributed by atoms with Crippen LogP contribution >= 0.6 is 0 Å². The quantitative estimate of drug-likeness (QED) is 0.424. The molecule has 96 valence electrons. The van der Waals surface area contributed by atoms with Crippen LogP contribution in [0.2, 0.25) is 0 Å². The summed E-state index contributed by atoms with van der Waals surface area (Å²) in [6, 6.07) is 0. The molecule has 0 unspecified atom stereocenters. The van der Waals surface area contributed by atoms with Gasteiger partial charge in [-0.15, -0.1) is 6.42 Å². The van der Waals surface area contributed by atoms with Crippen molar-refractivity contribution in [1.29, 1.82) is 0 Å². The Morgan fingerprint density at radius 3 is 2.89 bits per heavy atom. The van der Waals surface area contributed by atoms with Crippen molar-refractivity contribution < 1.29 is 14.9 Å². The first-order valence-electron chi connectivity index (χ1n) is 5.33. The molecule has 2 heterocycles. The Hall–Kier alpha value is -1.88. The molecular formula is C11H12N2O5. The molecule has 0 saturated carbocycles. The molecule has 0 aliphatic carbocycles. The van der Waals surface area contributed by atoms with Crippen molar-refractivity contribution in [1.82, 2.24) is 9.55 Å². The second-order valence-corrected chi connectivity index (χ2v) is 3.97. The number of ether oxygens (including phenoxy) is 1. The fourth-order valence-electron chi connectivity index (χ4n) is 1.85. The number of aromatic amines is 1. The van der Waals surface area contributed by atoms with Gasteiger partial charge in [0.2, 0.25) is 0 Å². The van der Waals surface area contributed by atoms with E-state index in [2.05, 4.69) is 10.9 Å². The summed E-state index contributed by atoms with van der Waals surface area (Å²) in [7, 11) is 0. The van der Waals surface area contributed by atoms with Gasteiger partial charge in [-0.2, -0.15) is 0 Å². The molecule has 0 amide bonds. The molecule has 1 aromatic heterocycles. The van der Waals surface area contributed by atoms with E-state index in [0.29, 0.717) is 0 Å². The molecular weight excluding hydrogens is 241 g/mol. The number of hydrogen-bond acceptors (Lipinski definition) is 5. The van der Waals surface area contributed by atoms with Gasteiger partial charge in [-0.05, 0) is 0 Å². The molecule has 0 spiro atoms. The standard InChI is InChI=1S/C11H12N2O5/c1-2-6-4-13(11(17)12-10(6)16)9-3-7(15)8(5-14)18-9/h1,4,7-9,14-15H,3,5H2,(H,12,16,17)/t7-,8-,9-/m1/s1/i1+1. The zero-order valence-electron chi connectivity index (χ0n) is 9.37. The molecule has 0 bridgehead atoms. The molecule has 0 aromatic carbocycles. The normalized spacial score (nSPS) is 27.1. The third kappa shape index (κ3) is 2.09. The maximum absolute atomic E-state index is 11.6. The summed E-state index contributed by atoms with van der Waals surface area (Å²) < 4.78 is 6.41. The van der Waals surface area contributed by atoms with Crippen LogP contribution in [0.5, 0.6) is 0 Å². The van der Waals surface area contributed by atoms with Crippen LogP contribution in [0.4, 0.5) is 0 Å². The number of aliphatic hydroxyl groups excluding tert-OH is 2. The molecule has 3 atom stereocenters. The number of nitrogens with zero attached hydrogens (tertiary/aromatic N) is 1. The minimum atomic E-state index is -0.867. The van der Waals surface area contributed by atoms with E-state index in [1.165, 1.54) is 6.20 Å². The molecule has 2 rings (SSSR count). The lowest BCUT2D eigenvalue weighted by molar-refractivity contribution is -0.0459. The van der Waals surface area contributed by atoms with Crippen LogP contribution in [0.3, 0.4) is 0 Å². The van der Waals surface area contributed by atoms with Gasteiger partial charge in [0.1, 0.15) is 17.9 Å². The summed E-state index contributed by atoms with van der Waals surface area (Å²) in [6.07, 6.45) is 4.11. The average molecular weight is 253 g/mol. The van der Waals surface area contributed by atoms with Crippen LogP contribution < -0.4 is 11.2 Å². The molecule has 1 aliphatic heterocycles. The highest BCUT2D eigenvalue weighted by Crippen LogP contribution is 2.27. The van der Waals surface area contributed by atoms with E-state index in [1.54, 1.807) is 0 Å². The van der Waals surface area contributed by atoms with Crippen LogP contribution in [-0.4, -0.2) is 38.6 Å². The molecule has 18 heavy (non-hydrogen) atoms. The number of rotatable bonds is 2. The zero-order chi connectivity index (χ0) is 13.3. The molecule has 7 heteroatoms. The van der Waals surface area contributed by atoms with E-state index in [4.69, 9.17) is 16.3 Å². The van der Waals surface area contributed by atoms with Gasteiger partial charge >= 0.3 is 5.69 Å². The molecule has 7 nitrogen and oxygen atoms in total. The molecule has 1 fully saturated rings. The number of aliphatic hydroxyl groups is 2. The number of aromatic nitrogens is 2. The van der Waals surface area contributed by atoms with Crippen molar-refractivity contribution in [2.75, 3.05) is 6.61 Å². The number of terminal acetylenes is 1. The molecule has 1 aromatic rings. The Morgan fingerprint density at radius 2 is 2.33 bits per heavy atom. The molecule has 3 N–H and O–H groups in total. The smallest absolute Gasteiger partial charge is 0.330 e. The van der Waals surface area contributed by atoms with Crippen molar-refractivity contribution in [3.63, 3.8) is 0 Å². The van der Waals surface area contributed by atoms with Crippen LogP contribution in [-0.2, 0) is 4.74 Å². The van der Waals surface area contributed by atoms with Crippen LogP contribution in [0.25, 0.3) is 0 Å². The van der Waals surface area contributed by atoms with Gasteiger partial charge in [-0.1, -0.05) is 5.92 Å². The van der Waals surface area contributed by atoms with Crippen LogP contribution in [0.1, 0.15) is 18.2 Å². The Morgan fingerprint density at radius 1 is 1.61 bits per heavy atom. The Kier molecular flexibility index (Phi) is 3.34. The van der Waals surface area contributed by atoms with Crippen molar-refractivity contribution >= 4 is 0 Å². The molecule has 0 radical (unpaired) electrons. The molecule has 1 aliphatic rings. The lowest BCUT2D eigenvalue weighted by Gasteiger charge is -2.14. The third-order valence-corrected chi connectivity index (χ3v) is 2.82. The summed E-state index contributed by atoms with van der Waals surface area (Å²) in [5, 5.41) is 18.5. The van der Waals surface area contributed by atoms with E-state index in [0.717, 1.165) is 4.57 Å². The van der Waals surface area contributed by atoms with Gasteiger partial charge in [0, 0.05) is 12.6 Å². The number of hydrogen-bond donors (Lipinski definition) is 3. The maximum atomic E-state index is 11.6. The van der Waals surface area contributed by atoms with Gasteiger partial charge in [-0.3, -0.25) is 14.3 Å². The highest BCUT2D eigenvalue weighted by Gasteiger charge is 2.35. The fourth-order valence-corrected chi connectivity index (χ4v) is 1.85. The van der Waals surface area contributed by atoms with E-state index >= 15 is 0 Å². The largest absolute Gasteiger partial charge is 0.394 e. The Labute approximate surface area is 102 Å². The van der Waals surface area contributed by atoms with E-state index in [1.807, 2.05) is 0 Å². The van der Waals surface area contributed by atoms with Gasteiger partial charge in [0.25, 0.3) is 5.56 Å². The van der Waals surface area contributed by atoms with Gasteiger partial charge in [-0.25, -0.2) is 4.79 Å². The number of nitrogens with one attached hydrogen (secondary N) is 1. The van der Waals surface area contributed by atoms with Gasteiger partial charge < -0.3 is 14.9 Å². The van der Waals surface area contributed by atoms with E-state index in [-0.39, 0.29) is 18.6 Å². The second kappa shape index (κ2) is 4.78. The Balaban J connectivity index is 2.39. The summed E-state index contributed by atoms with van der Waals surface area (Å²) in [4.78, 5) is 25.0. The van der Waals surface area contributed by atoms with E-state index in [9.17, 15) is 14.7 Å². The summed E-state index contributed by atoms with van der Waals surface area (Å²) >= 11 is 0. The topological polar surface area (TPSA) is 105 Å². The first-order chi connectivity index (χ1) is 8.56. The van der Waals surface area contributed by atoms with E-state index < -0.39 is 29.7 Å². The summed E-state index contributed by atoms with van der Waals surface area (Å²) in [5.74, 6) is 2.15.